The molecule has 1 aromatic heterocycles. The van der Waals surface area contributed by atoms with Gasteiger partial charge >= 0.3 is 0 Å². The summed E-state index contributed by atoms with van der Waals surface area (Å²) in [6.07, 6.45) is 4.72. The minimum Gasteiger partial charge on any atom is -0.353 e. The van der Waals surface area contributed by atoms with Crippen molar-refractivity contribution in [2.45, 2.75) is 58.5 Å². The van der Waals surface area contributed by atoms with Gasteiger partial charge in [0.2, 0.25) is 11.8 Å². The molecule has 5 nitrogen and oxygen atoms in total. The average Bonchev–Trinajstić information content (AvgIpc) is 3.49. The number of carbonyl (C=O) groups excluding carboxylic acids is 2. The van der Waals surface area contributed by atoms with E-state index in [9.17, 15) is 9.59 Å². The lowest BCUT2D eigenvalue weighted by molar-refractivity contribution is -0.142. The molecule has 1 aromatic carbocycles. The third-order valence-corrected chi connectivity index (χ3v) is 5.83. The molecule has 1 saturated carbocycles. The molecule has 30 heavy (non-hydrogen) atoms. The van der Waals surface area contributed by atoms with Crippen molar-refractivity contribution in [2.75, 3.05) is 13.1 Å². The summed E-state index contributed by atoms with van der Waals surface area (Å²) in [4.78, 5) is 30.6. The molecule has 0 bridgehead atoms. The molecule has 1 aliphatic rings. The number of hydrogen-bond acceptors (Lipinski definition) is 2. The van der Waals surface area contributed by atoms with Crippen molar-refractivity contribution in [2.24, 2.45) is 13.0 Å². The van der Waals surface area contributed by atoms with Crippen LogP contribution in [0.25, 0.3) is 0 Å². The molecule has 0 saturated heterocycles. The minimum atomic E-state index is -0.189. The van der Waals surface area contributed by atoms with E-state index >= 15 is 0 Å². The van der Waals surface area contributed by atoms with E-state index in [0.717, 1.165) is 30.5 Å². The van der Waals surface area contributed by atoms with Gasteiger partial charge in [-0.25, -0.2) is 0 Å². The Morgan fingerprint density at radius 3 is 2.33 bits per heavy atom. The largest absolute Gasteiger partial charge is 0.353 e. The number of aromatic nitrogens is 1. The fraction of sp³-hybridized carbons (Fsp3) is 0.520. The van der Waals surface area contributed by atoms with Crippen molar-refractivity contribution in [3.8, 4) is 0 Å². The van der Waals surface area contributed by atoms with Gasteiger partial charge in [-0.2, -0.15) is 0 Å². The molecule has 5 heteroatoms. The fourth-order valence-electron chi connectivity index (χ4n) is 4.01. The lowest BCUT2D eigenvalue weighted by Crippen LogP contribution is -2.46. The molecule has 3 rings (SSSR count). The Labute approximate surface area is 180 Å². The van der Waals surface area contributed by atoms with E-state index in [4.69, 9.17) is 0 Å². The number of carbonyl (C=O) groups is 2. The van der Waals surface area contributed by atoms with Gasteiger partial charge in [-0.15, -0.1) is 0 Å². The predicted octanol–water partition coefficient (Wildman–Crippen LogP) is 4.19. The molecule has 0 aliphatic heterocycles. The van der Waals surface area contributed by atoms with Gasteiger partial charge in [0.05, 0.1) is 12.5 Å². The summed E-state index contributed by atoms with van der Waals surface area (Å²) in [5.74, 6) is 0.300. The van der Waals surface area contributed by atoms with Gasteiger partial charge < -0.3 is 14.4 Å². The van der Waals surface area contributed by atoms with Crippen LogP contribution < -0.4 is 0 Å². The van der Waals surface area contributed by atoms with Crippen LogP contribution in [0.2, 0.25) is 0 Å². The highest BCUT2D eigenvalue weighted by atomic mass is 16.2. The van der Waals surface area contributed by atoms with Crippen LogP contribution in [0.4, 0.5) is 0 Å². The number of benzene rings is 1. The van der Waals surface area contributed by atoms with Gasteiger partial charge in [0.25, 0.3) is 0 Å². The van der Waals surface area contributed by atoms with Crippen molar-refractivity contribution in [1.82, 2.24) is 14.4 Å². The van der Waals surface area contributed by atoms with Crippen molar-refractivity contribution in [1.29, 1.82) is 0 Å². The van der Waals surface area contributed by atoms with Crippen molar-refractivity contribution in [3.05, 3.63) is 59.9 Å². The van der Waals surface area contributed by atoms with Crippen LogP contribution in [-0.4, -0.2) is 45.3 Å². The SMILES string of the molecule is CC[C@H](C(=O)N(CC(=O)N(Cc1cccn1C)CC(C)C)C1CC1)c1ccccc1. The topological polar surface area (TPSA) is 45.6 Å². The summed E-state index contributed by atoms with van der Waals surface area (Å²) >= 11 is 0. The Balaban J connectivity index is 1.75. The molecule has 0 unspecified atom stereocenters. The van der Waals surface area contributed by atoms with Crippen LogP contribution in [0.3, 0.4) is 0 Å². The molecule has 0 N–H and O–H groups in total. The molecule has 1 heterocycles. The zero-order valence-corrected chi connectivity index (χ0v) is 18.8. The molecule has 1 fully saturated rings. The van der Waals surface area contributed by atoms with E-state index in [1.165, 1.54) is 0 Å². The van der Waals surface area contributed by atoms with Crippen LogP contribution in [0.15, 0.2) is 48.7 Å². The highest BCUT2D eigenvalue weighted by Crippen LogP contribution is 2.31. The minimum absolute atomic E-state index is 0.0352. The number of aryl methyl sites for hydroxylation is 1. The smallest absolute Gasteiger partial charge is 0.242 e. The quantitative estimate of drug-likeness (QED) is 0.590. The number of nitrogens with zero attached hydrogens (tertiary/aromatic N) is 3. The third kappa shape index (κ3) is 5.53. The van der Waals surface area contributed by atoms with Gasteiger partial charge in [0.15, 0.2) is 0 Å². The van der Waals surface area contributed by atoms with Crippen LogP contribution in [0.5, 0.6) is 0 Å². The maximum absolute atomic E-state index is 13.5. The zero-order valence-electron chi connectivity index (χ0n) is 18.8. The molecular weight excluding hydrogens is 374 g/mol. The Bertz CT molecular complexity index is 839. The molecule has 1 aliphatic carbocycles. The molecule has 2 amide bonds. The Kier molecular flexibility index (Phi) is 7.35. The van der Waals surface area contributed by atoms with E-state index < -0.39 is 0 Å². The second-order valence-electron chi connectivity index (χ2n) is 8.85. The first kappa shape index (κ1) is 22.1. The van der Waals surface area contributed by atoms with E-state index in [1.807, 2.05) is 77.0 Å². The van der Waals surface area contributed by atoms with E-state index in [2.05, 4.69) is 13.8 Å². The Morgan fingerprint density at radius 2 is 1.80 bits per heavy atom. The first-order valence-corrected chi connectivity index (χ1v) is 11.1. The molecule has 1 atom stereocenters. The van der Waals surface area contributed by atoms with Crippen molar-refractivity contribution >= 4 is 11.8 Å². The summed E-state index contributed by atoms with van der Waals surface area (Å²) in [6.45, 7) is 7.72. The maximum Gasteiger partial charge on any atom is 0.242 e. The standard InChI is InChI=1S/C25H35N3O2/c1-5-23(20-10-7-6-8-11-20)25(30)28(21-13-14-21)18-24(29)27(16-19(2)3)17-22-12-9-15-26(22)4/h6-12,15,19,21,23H,5,13-14,16-18H2,1-4H3/t23-/m0/s1. The van der Waals surface area contributed by atoms with Crippen LogP contribution >= 0.6 is 0 Å². The number of amides is 2. The first-order chi connectivity index (χ1) is 14.4. The van der Waals surface area contributed by atoms with Crippen molar-refractivity contribution < 1.29 is 9.59 Å². The van der Waals surface area contributed by atoms with E-state index in [1.54, 1.807) is 0 Å². The second kappa shape index (κ2) is 9.96. The Hall–Kier alpha value is -2.56. The normalized spacial score (nSPS) is 14.6. The van der Waals surface area contributed by atoms with Gasteiger partial charge in [0, 0.05) is 31.5 Å². The maximum atomic E-state index is 13.5. The summed E-state index contributed by atoms with van der Waals surface area (Å²) in [6, 6.07) is 14.2. The third-order valence-electron chi connectivity index (χ3n) is 5.83. The number of hydrogen-bond donors (Lipinski definition) is 0. The molecule has 0 radical (unpaired) electrons. The van der Waals surface area contributed by atoms with Crippen LogP contribution in [0, 0.1) is 5.92 Å². The molecule has 0 spiro atoms. The Morgan fingerprint density at radius 1 is 1.10 bits per heavy atom. The van der Waals surface area contributed by atoms with E-state index in [-0.39, 0.29) is 30.3 Å². The summed E-state index contributed by atoms with van der Waals surface area (Å²) in [7, 11) is 2.00. The predicted molar refractivity (Wildman–Crippen MR) is 120 cm³/mol. The van der Waals surface area contributed by atoms with Gasteiger partial charge in [-0.05, 0) is 42.9 Å². The van der Waals surface area contributed by atoms with Crippen LogP contribution in [-0.2, 0) is 23.2 Å². The first-order valence-electron chi connectivity index (χ1n) is 11.1. The summed E-state index contributed by atoms with van der Waals surface area (Å²) in [5.41, 5.74) is 2.13. The number of rotatable bonds is 10. The lowest BCUT2D eigenvalue weighted by Gasteiger charge is -2.31. The van der Waals surface area contributed by atoms with Gasteiger partial charge in [-0.1, -0.05) is 51.1 Å². The highest BCUT2D eigenvalue weighted by Gasteiger charge is 2.37. The molecule has 162 valence electrons. The highest BCUT2D eigenvalue weighted by molar-refractivity contribution is 5.89. The molecular formula is C25H35N3O2. The zero-order chi connectivity index (χ0) is 21.7. The molecule has 2 aromatic rings. The van der Waals surface area contributed by atoms with E-state index in [0.29, 0.717) is 19.0 Å². The average molecular weight is 410 g/mol. The second-order valence-corrected chi connectivity index (χ2v) is 8.85. The van der Waals surface area contributed by atoms with Crippen molar-refractivity contribution in [3.63, 3.8) is 0 Å². The van der Waals surface area contributed by atoms with Gasteiger partial charge in [0.1, 0.15) is 6.54 Å². The summed E-state index contributed by atoms with van der Waals surface area (Å²) < 4.78 is 2.05. The monoisotopic (exact) mass is 409 g/mol. The van der Waals surface area contributed by atoms with Crippen LogP contribution in [0.1, 0.15) is 57.2 Å². The van der Waals surface area contributed by atoms with Gasteiger partial charge in [-0.3, -0.25) is 9.59 Å². The fourth-order valence-corrected chi connectivity index (χ4v) is 4.01. The summed E-state index contributed by atoms with van der Waals surface area (Å²) in [5, 5.41) is 0. The lowest BCUT2D eigenvalue weighted by atomic mass is 9.95.